The summed E-state index contributed by atoms with van der Waals surface area (Å²) in [5, 5.41) is 5.46. The third-order valence-corrected chi connectivity index (χ3v) is 2.86. The van der Waals surface area contributed by atoms with Crippen LogP contribution in [0.25, 0.3) is 0 Å². The fraction of sp³-hybridized carbons (Fsp3) is 0.467. The Labute approximate surface area is 120 Å². The van der Waals surface area contributed by atoms with Crippen molar-refractivity contribution in [3.63, 3.8) is 0 Å². The van der Waals surface area contributed by atoms with Crippen molar-refractivity contribution in [3.05, 3.63) is 29.8 Å². The second-order valence-electron chi connectivity index (χ2n) is 4.81. The predicted octanol–water partition coefficient (Wildman–Crippen LogP) is 2.70. The molecule has 0 fully saturated rings. The van der Waals surface area contributed by atoms with Gasteiger partial charge in [0, 0.05) is 30.4 Å². The molecule has 0 unspecified atom stereocenters. The number of benzene rings is 1. The van der Waals surface area contributed by atoms with Crippen LogP contribution in [0.1, 0.15) is 38.1 Å². The molecule has 0 aromatic heterocycles. The molecule has 110 valence electrons. The molecule has 0 saturated carbocycles. The fourth-order valence-corrected chi connectivity index (χ4v) is 1.82. The van der Waals surface area contributed by atoms with Crippen LogP contribution in [-0.2, 0) is 0 Å². The molecule has 0 aliphatic carbocycles. The van der Waals surface area contributed by atoms with E-state index in [1.165, 1.54) is 0 Å². The monoisotopic (exact) mass is 277 g/mol. The molecular formula is C15H23N3O2. The number of urea groups is 1. The summed E-state index contributed by atoms with van der Waals surface area (Å²) in [5.41, 5.74) is 1.29. The largest absolute Gasteiger partial charge is 0.339 e. The summed E-state index contributed by atoms with van der Waals surface area (Å²) in [7, 11) is 0. The minimum Gasteiger partial charge on any atom is -0.339 e. The van der Waals surface area contributed by atoms with E-state index in [2.05, 4.69) is 10.6 Å². The Morgan fingerprint density at radius 3 is 2.10 bits per heavy atom. The van der Waals surface area contributed by atoms with Gasteiger partial charge in [-0.3, -0.25) is 4.79 Å². The summed E-state index contributed by atoms with van der Waals surface area (Å²) < 4.78 is 0. The molecule has 0 aliphatic heterocycles. The Balaban J connectivity index is 2.69. The zero-order valence-electron chi connectivity index (χ0n) is 12.6. The van der Waals surface area contributed by atoms with Crippen LogP contribution in [0.15, 0.2) is 24.3 Å². The maximum Gasteiger partial charge on any atom is 0.319 e. The van der Waals surface area contributed by atoms with Crippen molar-refractivity contribution in [2.24, 2.45) is 0 Å². The van der Waals surface area contributed by atoms with E-state index >= 15 is 0 Å². The molecule has 20 heavy (non-hydrogen) atoms. The van der Waals surface area contributed by atoms with Crippen molar-refractivity contribution < 1.29 is 9.59 Å². The molecule has 0 radical (unpaired) electrons. The van der Waals surface area contributed by atoms with Gasteiger partial charge >= 0.3 is 6.03 Å². The summed E-state index contributed by atoms with van der Waals surface area (Å²) in [6.07, 6.45) is 0. The van der Waals surface area contributed by atoms with Gasteiger partial charge in [0.2, 0.25) is 0 Å². The molecule has 0 bridgehead atoms. The highest BCUT2D eigenvalue weighted by atomic mass is 16.2. The molecule has 0 heterocycles. The molecule has 5 nitrogen and oxygen atoms in total. The number of hydrogen-bond acceptors (Lipinski definition) is 2. The summed E-state index contributed by atoms with van der Waals surface area (Å²) in [6, 6.07) is 6.76. The highest BCUT2D eigenvalue weighted by molar-refractivity contribution is 5.95. The van der Waals surface area contributed by atoms with Crippen LogP contribution in [-0.4, -0.2) is 36.0 Å². The molecular weight excluding hydrogens is 254 g/mol. The first-order chi connectivity index (χ1) is 9.47. The van der Waals surface area contributed by atoms with Gasteiger partial charge in [0.1, 0.15) is 0 Å². The number of carbonyl (C=O) groups is 2. The lowest BCUT2D eigenvalue weighted by Crippen LogP contribution is -2.34. The Bertz CT molecular complexity index is 451. The van der Waals surface area contributed by atoms with E-state index in [0.29, 0.717) is 24.3 Å². The first-order valence-electron chi connectivity index (χ1n) is 6.94. The fourth-order valence-electron chi connectivity index (χ4n) is 1.82. The number of carbonyl (C=O) groups excluding carboxylic acids is 2. The second-order valence-corrected chi connectivity index (χ2v) is 4.81. The van der Waals surface area contributed by atoms with E-state index in [4.69, 9.17) is 0 Å². The quantitative estimate of drug-likeness (QED) is 0.869. The average molecular weight is 277 g/mol. The topological polar surface area (TPSA) is 61.4 Å². The Morgan fingerprint density at radius 2 is 1.65 bits per heavy atom. The van der Waals surface area contributed by atoms with Gasteiger partial charge in [-0.25, -0.2) is 4.79 Å². The van der Waals surface area contributed by atoms with E-state index in [9.17, 15) is 9.59 Å². The van der Waals surface area contributed by atoms with E-state index in [0.717, 1.165) is 0 Å². The lowest BCUT2D eigenvalue weighted by molar-refractivity contribution is 0.0773. The highest BCUT2D eigenvalue weighted by Crippen LogP contribution is 2.11. The van der Waals surface area contributed by atoms with Crippen LogP contribution in [0.2, 0.25) is 0 Å². The van der Waals surface area contributed by atoms with Crippen molar-refractivity contribution in [1.29, 1.82) is 0 Å². The minimum absolute atomic E-state index is 0.00758. The van der Waals surface area contributed by atoms with Crippen molar-refractivity contribution in [2.45, 2.75) is 33.7 Å². The molecule has 0 atom stereocenters. The van der Waals surface area contributed by atoms with Gasteiger partial charge in [0.05, 0.1) is 0 Å². The van der Waals surface area contributed by atoms with Crippen LogP contribution in [0, 0.1) is 0 Å². The number of rotatable bonds is 5. The van der Waals surface area contributed by atoms with Crippen LogP contribution in [0.5, 0.6) is 0 Å². The molecule has 1 rings (SSSR count). The highest BCUT2D eigenvalue weighted by Gasteiger charge is 2.12. The average Bonchev–Trinajstić information content (AvgIpc) is 2.39. The van der Waals surface area contributed by atoms with Crippen molar-refractivity contribution in [2.75, 3.05) is 18.4 Å². The zero-order chi connectivity index (χ0) is 15.1. The van der Waals surface area contributed by atoms with E-state index < -0.39 is 0 Å². The number of nitrogens with zero attached hydrogens (tertiary/aromatic N) is 1. The Morgan fingerprint density at radius 1 is 1.10 bits per heavy atom. The molecule has 2 N–H and O–H groups in total. The molecule has 0 aliphatic rings. The zero-order valence-corrected chi connectivity index (χ0v) is 12.6. The van der Waals surface area contributed by atoms with Gasteiger partial charge in [-0.2, -0.15) is 0 Å². The molecule has 5 heteroatoms. The predicted molar refractivity (Wildman–Crippen MR) is 81.0 cm³/mol. The summed E-state index contributed by atoms with van der Waals surface area (Å²) in [6.45, 7) is 9.07. The van der Waals surface area contributed by atoms with Crippen molar-refractivity contribution in [3.8, 4) is 0 Å². The maximum atomic E-state index is 12.1. The van der Waals surface area contributed by atoms with E-state index in [1.54, 1.807) is 29.2 Å². The first-order valence-corrected chi connectivity index (χ1v) is 6.94. The van der Waals surface area contributed by atoms with Gasteiger partial charge in [-0.1, -0.05) is 0 Å². The third kappa shape index (κ3) is 4.57. The van der Waals surface area contributed by atoms with Crippen molar-refractivity contribution >= 4 is 17.6 Å². The molecule has 0 saturated heterocycles. The van der Waals surface area contributed by atoms with Gasteiger partial charge in [0.25, 0.3) is 5.91 Å². The van der Waals surface area contributed by atoms with Crippen LogP contribution < -0.4 is 10.6 Å². The number of hydrogen-bond donors (Lipinski definition) is 2. The smallest absolute Gasteiger partial charge is 0.319 e. The number of anilines is 1. The Kier molecular flexibility index (Phi) is 6.03. The van der Waals surface area contributed by atoms with Crippen molar-refractivity contribution in [1.82, 2.24) is 10.2 Å². The maximum absolute atomic E-state index is 12.1. The van der Waals surface area contributed by atoms with Crippen LogP contribution in [0.3, 0.4) is 0 Å². The van der Waals surface area contributed by atoms with Gasteiger partial charge in [-0.05, 0) is 52.0 Å². The number of nitrogens with one attached hydrogen (secondary N) is 2. The van der Waals surface area contributed by atoms with E-state index in [1.807, 2.05) is 27.7 Å². The normalized spacial score (nSPS) is 10.2. The lowest BCUT2D eigenvalue weighted by Gasteiger charge is -2.18. The molecule has 1 aromatic carbocycles. The molecule has 1 aromatic rings. The molecule has 3 amide bonds. The summed E-state index contributed by atoms with van der Waals surface area (Å²) in [5.74, 6) is 0.00758. The third-order valence-electron chi connectivity index (χ3n) is 2.86. The summed E-state index contributed by atoms with van der Waals surface area (Å²) in [4.78, 5) is 25.4. The second kappa shape index (κ2) is 7.53. The minimum atomic E-state index is -0.247. The standard InChI is InChI=1S/C15H23N3O2/c1-5-18(6-2)14(19)12-7-9-13(10-8-12)17-15(20)16-11(3)4/h7-11H,5-6H2,1-4H3,(H2,16,17,20). The van der Waals surface area contributed by atoms with Crippen LogP contribution >= 0.6 is 0 Å². The molecule has 0 spiro atoms. The van der Waals surface area contributed by atoms with Gasteiger partial charge < -0.3 is 15.5 Å². The number of amides is 3. The summed E-state index contributed by atoms with van der Waals surface area (Å²) >= 11 is 0. The lowest BCUT2D eigenvalue weighted by atomic mass is 10.2. The Hall–Kier alpha value is -2.04. The van der Waals surface area contributed by atoms with E-state index in [-0.39, 0.29) is 18.0 Å². The van der Waals surface area contributed by atoms with Gasteiger partial charge in [-0.15, -0.1) is 0 Å². The van der Waals surface area contributed by atoms with Gasteiger partial charge in [0.15, 0.2) is 0 Å². The van der Waals surface area contributed by atoms with Crippen LogP contribution in [0.4, 0.5) is 10.5 Å². The SMILES string of the molecule is CCN(CC)C(=O)c1ccc(NC(=O)NC(C)C)cc1. The first kappa shape index (κ1) is 16.0.